The number of rotatable bonds is 4. The van der Waals surface area contributed by atoms with Crippen LogP contribution in [0.4, 0.5) is 0 Å². The molecule has 1 aliphatic carbocycles. The summed E-state index contributed by atoms with van der Waals surface area (Å²) in [4.78, 5) is 2.71. The number of hydrogen-bond acceptors (Lipinski definition) is 2. The molecule has 1 heterocycles. The van der Waals surface area contributed by atoms with Crippen LogP contribution in [-0.4, -0.2) is 37.1 Å². The van der Waals surface area contributed by atoms with Crippen molar-refractivity contribution in [3.8, 4) is 0 Å². The Kier molecular flexibility index (Phi) is 4.14. The van der Waals surface area contributed by atoms with Gasteiger partial charge in [0.05, 0.1) is 0 Å². The minimum atomic E-state index is 0.443. The standard InChI is InChI=1S/C15H30N2/c1-12(2)15(3,4)11-17-9-5-8-16-14(10-17)13-6-7-13/h12-14,16H,5-11H2,1-4H3. The first-order valence-electron chi connectivity index (χ1n) is 7.45. The fourth-order valence-electron chi connectivity index (χ4n) is 2.74. The Bertz CT molecular complexity index is 243. The van der Waals surface area contributed by atoms with Crippen LogP contribution in [0.25, 0.3) is 0 Å². The van der Waals surface area contributed by atoms with Crippen molar-refractivity contribution in [2.24, 2.45) is 17.3 Å². The van der Waals surface area contributed by atoms with Crippen molar-refractivity contribution < 1.29 is 0 Å². The van der Waals surface area contributed by atoms with Crippen molar-refractivity contribution >= 4 is 0 Å². The summed E-state index contributed by atoms with van der Waals surface area (Å²) >= 11 is 0. The zero-order valence-corrected chi connectivity index (χ0v) is 12.1. The van der Waals surface area contributed by atoms with Crippen LogP contribution in [0.2, 0.25) is 0 Å². The molecule has 2 heteroatoms. The molecule has 1 saturated carbocycles. The highest BCUT2D eigenvalue weighted by molar-refractivity contribution is 4.91. The van der Waals surface area contributed by atoms with Crippen LogP contribution in [0.15, 0.2) is 0 Å². The van der Waals surface area contributed by atoms with E-state index in [1.165, 1.54) is 45.4 Å². The summed E-state index contributed by atoms with van der Waals surface area (Å²) in [7, 11) is 0. The van der Waals surface area contributed by atoms with Gasteiger partial charge in [0.25, 0.3) is 0 Å². The summed E-state index contributed by atoms with van der Waals surface area (Å²) in [5, 5.41) is 3.75. The van der Waals surface area contributed by atoms with Gasteiger partial charge in [0.2, 0.25) is 0 Å². The van der Waals surface area contributed by atoms with E-state index >= 15 is 0 Å². The SMILES string of the molecule is CC(C)C(C)(C)CN1CCCNC(C2CC2)C1. The van der Waals surface area contributed by atoms with E-state index in [2.05, 4.69) is 37.9 Å². The molecule has 0 aromatic heterocycles. The van der Waals surface area contributed by atoms with Gasteiger partial charge in [-0.1, -0.05) is 27.7 Å². The average Bonchev–Trinajstić information content (AvgIpc) is 3.01. The second kappa shape index (κ2) is 5.27. The molecule has 0 aromatic carbocycles. The van der Waals surface area contributed by atoms with E-state index in [-0.39, 0.29) is 0 Å². The van der Waals surface area contributed by atoms with Crippen LogP contribution in [0, 0.1) is 17.3 Å². The van der Waals surface area contributed by atoms with Crippen molar-refractivity contribution in [3.05, 3.63) is 0 Å². The van der Waals surface area contributed by atoms with E-state index in [0.29, 0.717) is 5.41 Å². The normalized spacial score (nSPS) is 28.4. The first-order chi connectivity index (χ1) is 7.99. The molecule has 1 unspecified atom stereocenters. The smallest absolute Gasteiger partial charge is 0.0223 e. The third-order valence-corrected chi connectivity index (χ3v) is 4.90. The molecule has 1 saturated heterocycles. The Morgan fingerprint density at radius 2 is 2.00 bits per heavy atom. The predicted molar refractivity (Wildman–Crippen MR) is 74.2 cm³/mol. The first kappa shape index (κ1) is 13.4. The van der Waals surface area contributed by atoms with Crippen molar-refractivity contribution in [2.75, 3.05) is 26.2 Å². The summed E-state index contributed by atoms with van der Waals surface area (Å²) < 4.78 is 0. The van der Waals surface area contributed by atoms with E-state index in [9.17, 15) is 0 Å². The average molecular weight is 238 g/mol. The molecular weight excluding hydrogens is 208 g/mol. The zero-order valence-electron chi connectivity index (χ0n) is 12.1. The molecule has 0 amide bonds. The summed E-state index contributed by atoms with van der Waals surface area (Å²) in [6.45, 7) is 14.6. The highest BCUT2D eigenvalue weighted by atomic mass is 15.2. The van der Waals surface area contributed by atoms with Gasteiger partial charge in [-0.2, -0.15) is 0 Å². The second-order valence-corrected chi connectivity index (χ2v) is 7.13. The van der Waals surface area contributed by atoms with Gasteiger partial charge in [-0.05, 0) is 49.6 Å². The molecule has 17 heavy (non-hydrogen) atoms. The molecule has 2 rings (SSSR count). The van der Waals surface area contributed by atoms with Gasteiger partial charge in [-0.25, -0.2) is 0 Å². The van der Waals surface area contributed by atoms with Gasteiger partial charge >= 0.3 is 0 Å². The Labute approximate surface area is 107 Å². The van der Waals surface area contributed by atoms with Gasteiger partial charge in [-0.3, -0.25) is 0 Å². The fraction of sp³-hybridized carbons (Fsp3) is 1.00. The van der Waals surface area contributed by atoms with Crippen LogP contribution in [0.1, 0.15) is 47.0 Å². The van der Waals surface area contributed by atoms with Gasteiger partial charge in [0, 0.05) is 19.1 Å². The Balaban J connectivity index is 1.89. The quantitative estimate of drug-likeness (QED) is 0.810. The molecule has 100 valence electrons. The molecule has 0 spiro atoms. The summed E-state index contributed by atoms with van der Waals surface area (Å²) in [6.07, 6.45) is 4.23. The molecule has 2 nitrogen and oxygen atoms in total. The van der Waals surface area contributed by atoms with Gasteiger partial charge in [0.1, 0.15) is 0 Å². The van der Waals surface area contributed by atoms with E-state index < -0.39 is 0 Å². The molecule has 0 radical (unpaired) electrons. The Morgan fingerprint density at radius 3 is 2.59 bits per heavy atom. The topological polar surface area (TPSA) is 15.3 Å². The second-order valence-electron chi connectivity index (χ2n) is 7.13. The summed E-state index contributed by atoms with van der Waals surface area (Å²) in [5.74, 6) is 1.75. The maximum absolute atomic E-state index is 3.75. The lowest BCUT2D eigenvalue weighted by molar-refractivity contribution is 0.130. The number of nitrogens with zero attached hydrogens (tertiary/aromatic N) is 1. The van der Waals surface area contributed by atoms with Gasteiger partial charge in [0.15, 0.2) is 0 Å². The van der Waals surface area contributed by atoms with Crippen LogP contribution in [0.3, 0.4) is 0 Å². The van der Waals surface area contributed by atoms with E-state index in [1.807, 2.05) is 0 Å². The minimum absolute atomic E-state index is 0.443. The zero-order chi connectivity index (χ0) is 12.5. The summed E-state index contributed by atoms with van der Waals surface area (Å²) in [5.41, 5.74) is 0.443. The van der Waals surface area contributed by atoms with E-state index in [1.54, 1.807) is 0 Å². The van der Waals surface area contributed by atoms with Crippen molar-refractivity contribution in [2.45, 2.75) is 53.0 Å². The first-order valence-corrected chi connectivity index (χ1v) is 7.45. The van der Waals surface area contributed by atoms with Crippen LogP contribution >= 0.6 is 0 Å². The molecule has 1 aliphatic heterocycles. The van der Waals surface area contributed by atoms with Crippen LogP contribution < -0.4 is 5.32 Å². The monoisotopic (exact) mass is 238 g/mol. The highest BCUT2D eigenvalue weighted by Gasteiger charge is 2.34. The lowest BCUT2D eigenvalue weighted by atomic mass is 9.80. The van der Waals surface area contributed by atoms with Gasteiger partial charge < -0.3 is 10.2 Å². The number of nitrogens with one attached hydrogen (secondary N) is 1. The molecular formula is C15H30N2. The highest BCUT2D eigenvalue weighted by Crippen LogP contribution is 2.34. The molecule has 0 aromatic rings. The Hall–Kier alpha value is -0.0800. The maximum Gasteiger partial charge on any atom is 0.0223 e. The lowest BCUT2D eigenvalue weighted by Gasteiger charge is -2.36. The van der Waals surface area contributed by atoms with Gasteiger partial charge in [-0.15, -0.1) is 0 Å². The van der Waals surface area contributed by atoms with Crippen LogP contribution in [-0.2, 0) is 0 Å². The van der Waals surface area contributed by atoms with Crippen molar-refractivity contribution in [1.82, 2.24) is 10.2 Å². The van der Waals surface area contributed by atoms with E-state index in [0.717, 1.165) is 17.9 Å². The molecule has 0 bridgehead atoms. The summed E-state index contributed by atoms with van der Waals surface area (Å²) in [6, 6.07) is 0.778. The van der Waals surface area contributed by atoms with Crippen molar-refractivity contribution in [3.63, 3.8) is 0 Å². The van der Waals surface area contributed by atoms with Crippen LogP contribution in [0.5, 0.6) is 0 Å². The maximum atomic E-state index is 3.75. The molecule has 2 aliphatic rings. The van der Waals surface area contributed by atoms with Crippen molar-refractivity contribution in [1.29, 1.82) is 0 Å². The third kappa shape index (κ3) is 3.69. The fourth-order valence-corrected chi connectivity index (χ4v) is 2.74. The third-order valence-electron chi connectivity index (χ3n) is 4.90. The Morgan fingerprint density at radius 1 is 1.29 bits per heavy atom. The predicted octanol–water partition coefficient (Wildman–Crippen LogP) is 2.74. The molecule has 1 atom stereocenters. The number of hydrogen-bond donors (Lipinski definition) is 1. The molecule has 2 fully saturated rings. The molecule has 1 N–H and O–H groups in total. The van der Waals surface area contributed by atoms with E-state index in [4.69, 9.17) is 0 Å². The lowest BCUT2D eigenvalue weighted by Crippen LogP contribution is -2.43. The largest absolute Gasteiger partial charge is 0.312 e. The minimum Gasteiger partial charge on any atom is -0.312 e.